The number of nitrogens with zero attached hydrogens (tertiary/aromatic N) is 1. The third-order valence-corrected chi connectivity index (χ3v) is 3.62. The van der Waals surface area contributed by atoms with Crippen LogP contribution in [0.4, 0.5) is 11.4 Å². The molecule has 3 N–H and O–H groups in total. The first-order valence-electron chi connectivity index (χ1n) is 7.09. The van der Waals surface area contributed by atoms with Gasteiger partial charge in [0.05, 0.1) is 16.8 Å². The number of carbonyl (C=O) groups is 1. The standard InChI is InChI=1S/C18H17N3O/c1-11-6-5-8-14(19)17(11)18(22)21-16-10-12(2)20-15-9-4-3-7-13(15)16/h3-10H,19H2,1-2H3,(H,20,21,22). The smallest absolute Gasteiger partial charge is 0.258 e. The quantitative estimate of drug-likeness (QED) is 0.708. The maximum atomic E-state index is 12.6. The van der Waals surface area contributed by atoms with Crippen LogP contribution in [0.1, 0.15) is 21.6 Å². The molecule has 0 atom stereocenters. The highest BCUT2D eigenvalue weighted by atomic mass is 16.1. The van der Waals surface area contributed by atoms with Gasteiger partial charge in [0.15, 0.2) is 0 Å². The van der Waals surface area contributed by atoms with Crippen LogP contribution in [0.3, 0.4) is 0 Å². The van der Waals surface area contributed by atoms with Gasteiger partial charge in [-0.3, -0.25) is 9.78 Å². The van der Waals surface area contributed by atoms with Gasteiger partial charge in [-0.25, -0.2) is 0 Å². The number of nitrogen functional groups attached to an aromatic ring is 1. The molecular weight excluding hydrogens is 274 g/mol. The minimum absolute atomic E-state index is 0.202. The summed E-state index contributed by atoms with van der Waals surface area (Å²) in [7, 11) is 0. The Hall–Kier alpha value is -2.88. The number of aromatic nitrogens is 1. The van der Waals surface area contributed by atoms with E-state index in [2.05, 4.69) is 10.3 Å². The highest BCUT2D eigenvalue weighted by Crippen LogP contribution is 2.25. The van der Waals surface area contributed by atoms with Crippen molar-refractivity contribution < 1.29 is 4.79 Å². The van der Waals surface area contributed by atoms with Gasteiger partial charge >= 0.3 is 0 Å². The molecule has 4 nitrogen and oxygen atoms in total. The van der Waals surface area contributed by atoms with E-state index < -0.39 is 0 Å². The van der Waals surface area contributed by atoms with Crippen molar-refractivity contribution in [3.63, 3.8) is 0 Å². The molecule has 0 radical (unpaired) electrons. The molecule has 0 spiro atoms. The van der Waals surface area contributed by atoms with Gasteiger partial charge in [-0.2, -0.15) is 0 Å². The number of amides is 1. The van der Waals surface area contributed by atoms with Crippen molar-refractivity contribution in [1.82, 2.24) is 4.98 Å². The van der Waals surface area contributed by atoms with E-state index in [9.17, 15) is 4.79 Å². The van der Waals surface area contributed by atoms with Crippen molar-refractivity contribution in [1.29, 1.82) is 0 Å². The molecule has 0 bridgehead atoms. The zero-order valence-corrected chi connectivity index (χ0v) is 12.6. The van der Waals surface area contributed by atoms with Crippen LogP contribution in [0, 0.1) is 13.8 Å². The average Bonchev–Trinajstić information content (AvgIpc) is 2.46. The molecule has 1 heterocycles. The van der Waals surface area contributed by atoms with Crippen molar-refractivity contribution >= 4 is 28.2 Å². The third-order valence-electron chi connectivity index (χ3n) is 3.62. The van der Waals surface area contributed by atoms with Crippen LogP contribution in [0.5, 0.6) is 0 Å². The van der Waals surface area contributed by atoms with E-state index in [0.29, 0.717) is 11.3 Å². The maximum absolute atomic E-state index is 12.6. The SMILES string of the molecule is Cc1cc(NC(=O)c2c(C)cccc2N)c2ccccc2n1. The lowest BCUT2D eigenvalue weighted by molar-refractivity contribution is 0.102. The molecule has 0 aliphatic carbocycles. The normalized spacial score (nSPS) is 10.6. The lowest BCUT2D eigenvalue weighted by Crippen LogP contribution is -2.16. The van der Waals surface area contributed by atoms with E-state index in [1.54, 1.807) is 6.07 Å². The first-order chi connectivity index (χ1) is 10.6. The summed E-state index contributed by atoms with van der Waals surface area (Å²) in [6.07, 6.45) is 0. The van der Waals surface area contributed by atoms with Crippen LogP contribution in [0.25, 0.3) is 10.9 Å². The summed E-state index contributed by atoms with van der Waals surface area (Å²) in [6, 6.07) is 15.1. The largest absolute Gasteiger partial charge is 0.398 e. The average molecular weight is 291 g/mol. The van der Waals surface area contributed by atoms with Gasteiger partial charge in [0.25, 0.3) is 5.91 Å². The summed E-state index contributed by atoms with van der Waals surface area (Å²) in [5, 5.41) is 3.88. The van der Waals surface area contributed by atoms with Crippen LogP contribution >= 0.6 is 0 Å². The number of nitrogens with one attached hydrogen (secondary N) is 1. The lowest BCUT2D eigenvalue weighted by atomic mass is 10.1. The predicted molar refractivity (Wildman–Crippen MR) is 90.0 cm³/mol. The molecule has 0 aliphatic rings. The van der Waals surface area contributed by atoms with E-state index in [-0.39, 0.29) is 5.91 Å². The van der Waals surface area contributed by atoms with E-state index in [1.807, 2.05) is 56.3 Å². The van der Waals surface area contributed by atoms with Gasteiger partial charge in [-0.05, 0) is 37.6 Å². The Kier molecular flexibility index (Phi) is 3.51. The van der Waals surface area contributed by atoms with Crippen LogP contribution in [-0.2, 0) is 0 Å². The summed E-state index contributed by atoms with van der Waals surface area (Å²) >= 11 is 0. The molecule has 0 aliphatic heterocycles. The van der Waals surface area contributed by atoms with Gasteiger partial charge < -0.3 is 11.1 Å². The fourth-order valence-electron chi connectivity index (χ4n) is 2.60. The van der Waals surface area contributed by atoms with E-state index >= 15 is 0 Å². The van der Waals surface area contributed by atoms with Gasteiger partial charge in [0, 0.05) is 16.8 Å². The third kappa shape index (κ3) is 2.51. The van der Waals surface area contributed by atoms with Gasteiger partial charge in [-0.15, -0.1) is 0 Å². The molecule has 0 fully saturated rings. The summed E-state index contributed by atoms with van der Waals surface area (Å²) in [6.45, 7) is 3.78. The number of benzene rings is 2. The zero-order chi connectivity index (χ0) is 15.7. The van der Waals surface area contributed by atoms with E-state index in [4.69, 9.17) is 5.73 Å². The molecule has 0 saturated carbocycles. The van der Waals surface area contributed by atoms with Crippen molar-refractivity contribution in [2.45, 2.75) is 13.8 Å². The zero-order valence-electron chi connectivity index (χ0n) is 12.6. The van der Waals surface area contributed by atoms with Crippen LogP contribution < -0.4 is 11.1 Å². The fraction of sp³-hybridized carbons (Fsp3) is 0.111. The van der Waals surface area contributed by atoms with Gasteiger partial charge in [-0.1, -0.05) is 30.3 Å². The number of hydrogen-bond acceptors (Lipinski definition) is 3. The molecule has 110 valence electrons. The highest BCUT2D eigenvalue weighted by molar-refractivity contribution is 6.11. The molecule has 4 heteroatoms. The fourth-order valence-corrected chi connectivity index (χ4v) is 2.60. The number of carbonyl (C=O) groups excluding carboxylic acids is 1. The van der Waals surface area contributed by atoms with Crippen molar-refractivity contribution in [3.05, 3.63) is 65.4 Å². The summed E-state index contributed by atoms with van der Waals surface area (Å²) < 4.78 is 0. The Balaban J connectivity index is 2.05. The number of nitrogens with two attached hydrogens (primary N) is 1. The van der Waals surface area contributed by atoms with Gasteiger partial charge in [0.2, 0.25) is 0 Å². The van der Waals surface area contributed by atoms with Crippen molar-refractivity contribution in [3.8, 4) is 0 Å². The second-order valence-electron chi connectivity index (χ2n) is 5.32. The first kappa shape index (κ1) is 14.1. The Bertz CT molecular complexity index is 851. The minimum Gasteiger partial charge on any atom is -0.398 e. The summed E-state index contributed by atoms with van der Waals surface area (Å²) in [4.78, 5) is 17.1. The van der Waals surface area contributed by atoms with Crippen LogP contribution in [-0.4, -0.2) is 10.9 Å². The molecule has 0 unspecified atom stereocenters. The molecular formula is C18H17N3O. The number of fused-ring (bicyclic) bond motifs is 1. The van der Waals surface area contributed by atoms with E-state index in [1.165, 1.54) is 0 Å². The number of anilines is 2. The molecule has 0 saturated heterocycles. The second kappa shape index (κ2) is 5.48. The molecule has 3 rings (SSSR count). The molecule has 3 aromatic rings. The Labute approximate surface area is 129 Å². The molecule has 1 amide bonds. The second-order valence-corrected chi connectivity index (χ2v) is 5.32. The predicted octanol–water partition coefficient (Wildman–Crippen LogP) is 3.69. The van der Waals surface area contributed by atoms with E-state index in [0.717, 1.165) is 27.8 Å². The molecule has 2 aromatic carbocycles. The maximum Gasteiger partial charge on any atom is 0.258 e. The van der Waals surface area contributed by atoms with Crippen LogP contribution in [0.2, 0.25) is 0 Å². The monoisotopic (exact) mass is 291 g/mol. The Morgan fingerprint density at radius 3 is 2.64 bits per heavy atom. The molecule has 1 aromatic heterocycles. The topological polar surface area (TPSA) is 68.0 Å². The Morgan fingerprint density at radius 1 is 1.09 bits per heavy atom. The number of rotatable bonds is 2. The highest BCUT2D eigenvalue weighted by Gasteiger charge is 2.14. The number of para-hydroxylation sites is 1. The van der Waals surface area contributed by atoms with Gasteiger partial charge in [0.1, 0.15) is 0 Å². The minimum atomic E-state index is -0.202. The first-order valence-corrected chi connectivity index (χ1v) is 7.09. The van der Waals surface area contributed by atoms with Crippen molar-refractivity contribution in [2.75, 3.05) is 11.1 Å². The summed E-state index contributed by atoms with van der Waals surface area (Å²) in [5.41, 5.74) is 10.3. The number of pyridine rings is 1. The number of hydrogen-bond donors (Lipinski definition) is 2. The molecule has 22 heavy (non-hydrogen) atoms. The summed E-state index contributed by atoms with van der Waals surface area (Å²) in [5.74, 6) is -0.202. The Morgan fingerprint density at radius 2 is 1.86 bits per heavy atom. The van der Waals surface area contributed by atoms with Crippen LogP contribution in [0.15, 0.2) is 48.5 Å². The number of aryl methyl sites for hydroxylation is 2. The lowest BCUT2D eigenvalue weighted by Gasteiger charge is -2.12. The van der Waals surface area contributed by atoms with Crippen molar-refractivity contribution in [2.24, 2.45) is 0 Å².